The molecule has 1 atom stereocenters. The Morgan fingerprint density at radius 3 is 2.50 bits per heavy atom. The lowest BCUT2D eigenvalue weighted by Crippen LogP contribution is -2.40. The van der Waals surface area contributed by atoms with E-state index in [0.29, 0.717) is 19.4 Å². The molecule has 2 amide bonds. The molecule has 20 heavy (non-hydrogen) atoms. The largest absolute Gasteiger partial charge is 0.480 e. The van der Waals surface area contributed by atoms with E-state index >= 15 is 0 Å². The zero-order chi connectivity index (χ0) is 15.0. The first-order valence-corrected chi connectivity index (χ1v) is 7.34. The maximum absolute atomic E-state index is 11.6. The van der Waals surface area contributed by atoms with Crippen LogP contribution in [-0.4, -0.2) is 35.5 Å². The topological polar surface area (TPSA) is 95.5 Å². The number of carbonyl (C=O) groups is 3. The number of amides is 2. The molecule has 1 fully saturated rings. The first-order chi connectivity index (χ1) is 9.54. The first kappa shape index (κ1) is 16.5. The number of carbonyl (C=O) groups excluding carboxylic acids is 2. The van der Waals surface area contributed by atoms with Gasteiger partial charge in [-0.2, -0.15) is 0 Å². The Kier molecular flexibility index (Phi) is 7.04. The summed E-state index contributed by atoms with van der Waals surface area (Å²) in [5.74, 6) is -1.02. The Morgan fingerprint density at radius 2 is 1.95 bits per heavy atom. The maximum atomic E-state index is 11.6. The lowest BCUT2D eigenvalue weighted by Gasteiger charge is -2.14. The minimum absolute atomic E-state index is 0.0665. The molecule has 3 N–H and O–H groups in total. The lowest BCUT2D eigenvalue weighted by atomic mass is 10.1. The van der Waals surface area contributed by atoms with E-state index in [4.69, 9.17) is 5.11 Å². The van der Waals surface area contributed by atoms with Crippen LogP contribution in [0.25, 0.3) is 0 Å². The average Bonchev–Trinajstić information content (AvgIpc) is 3.23. The summed E-state index contributed by atoms with van der Waals surface area (Å²) in [4.78, 5) is 33.9. The van der Waals surface area contributed by atoms with Gasteiger partial charge >= 0.3 is 5.97 Å². The van der Waals surface area contributed by atoms with E-state index in [9.17, 15) is 14.4 Å². The molecule has 0 aromatic carbocycles. The summed E-state index contributed by atoms with van der Waals surface area (Å²) in [5.41, 5.74) is 0. The molecule has 1 aliphatic rings. The number of carboxylic acids is 1. The smallest absolute Gasteiger partial charge is 0.326 e. The number of unbranched alkanes of at least 4 members (excludes halogenated alkanes) is 1. The number of rotatable bonds is 10. The Bertz CT molecular complexity index is 353. The highest BCUT2D eigenvalue weighted by molar-refractivity contribution is 5.83. The van der Waals surface area contributed by atoms with Gasteiger partial charge in [0.2, 0.25) is 11.8 Å². The average molecular weight is 284 g/mol. The van der Waals surface area contributed by atoms with Crippen molar-refractivity contribution in [2.24, 2.45) is 5.92 Å². The van der Waals surface area contributed by atoms with Gasteiger partial charge in [0.15, 0.2) is 0 Å². The molecule has 0 saturated heterocycles. The number of hydrogen-bond donors (Lipinski definition) is 3. The lowest BCUT2D eigenvalue weighted by molar-refractivity contribution is -0.142. The molecule has 0 bridgehead atoms. The molecule has 1 aliphatic carbocycles. The van der Waals surface area contributed by atoms with Crippen LogP contribution >= 0.6 is 0 Å². The fraction of sp³-hybridized carbons (Fsp3) is 0.786. The van der Waals surface area contributed by atoms with Crippen molar-refractivity contribution in [2.45, 2.75) is 57.9 Å². The molecule has 0 heterocycles. The van der Waals surface area contributed by atoms with E-state index in [1.54, 1.807) is 0 Å². The molecule has 1 rings (SSSR count). The van der Waals surface area contributed by atoms with Gasteiger partial charge in [-0.25, -0.2) is 4.79 Å². The van der Waals surface area contributed by atoms with Gasteiger partial charge in [-0.05, 0) is 25.7 Å². The fourth-order valence-corrected chi connectivity index (χ4v) is 1.88. The highest BCUT2D eigenvalue weighted by Gasteiger charge is 2.29. The second-order valence-corrected chi connectivity index (χ2v) is 5.27. The van der Waals surface area contributed by atoms with Gasteiger partial charge in [-0.3, -0.25) is 9.59 Å². The third-order valence-electron chi connectivity index (χ3n) is 3.31. The second-order valence-electron chi connectivity index (χ2n) is 5.27. The van der Waals surface area contributed by atoms with Crippen LogP contribution in [0.5, 0.6) is 0 Å². The minimum atomic E-state index is -0.992. The van der Waals surface area contributed by atoms with Crippen LogP contribution in [0.4, 0.5) is 0 Å². The third kappa shape index (κ3) is 6.54. The van der Waals surface area contributed by atoms with E-state index in [0.717, 1.165) is 25.7 Å². The van der Waals surface area contributed by atoms with Crippen molar-refractivity contribution in [2.75, 3.05) is 6.54 Å². The summed E-state index contributed by atoms with van der Waals surface area (Å²) in [5, 5.41) is 14.3. The van der Waals surface area contributed by atoms with Crippen LogP contribution in [0.15, 0.2) is 0 Å². The van der Waals surface area contributed by atoms with Crippen molar-refractivity contribution in [3.63, 3.8) is 0 Å². The molecule has 0 spiro atoms. The number of nitrogens with one attached hydrogen (secondary N) is 2. The standard InChI is InChI=1S/C14H24N2O4/c1-2-3-5-11(14(19)20)16-12(17)6-4-9-15-13(18)10-7-8-10/h10-11H,2-9H2,1H3,(H,15,18)(H,16,17)(H,19,20)/t11-/m0/s1. The highest BCUT2D eigenvalue weighted by Crippen LogP contribution is 2.28. The number of aliphatic carboxylic acids is 1. The highest BCUT2D eigenvalue weighted by atomic mass is 16.4. The second kappa shape index (κ2) is 8.55. The van der Waals surface area contributed by atoms with Crippen molar-refractivity contribution in [3.8, 4) is 0 Å². The van der Waals surface area contributed by atoms with Crippen LogP contribution in [0.1, 0.15) is 51.9 Å². The molecule has 1 saturated carbocycles. The summed E-state index contributed by atoms with van der Waals surface area (Å²) >= 11 is 0. The van der Waals surface area contributed by atoms with Gasteiger partial charge in [0.05, 0.1) is 0 Å². The molecular formula is C14H24N2O4. The summed E-state index contributed by atoms with van der Waals surface area (Å²) in [6, 6.07) is -0.802. The minimum Gasteiger partial charge on any atom is -0.480 e. The van der Waals surface area contributed by atoms with E-state index in [1.165, 1.54) is 0 Å². The quantitative estimate of drug-likeness (QED) is 0.523. The number of hydrogen-bond acceptors (Lipinski definition) is 3. The van der Waals surface area contributed by atoms with Crippen molar-refractivity contribution < 1.29 is 19.5 Å². The van der Waals surface area contributed by atoms with Crippen LogP contribution in [-0.2, 0) is 14.4 Å². The molecular weight excluding hydrogens is 260 g/mol. The van der Waals surface area contributed by atoms with E-state index in [1.807, 2.05) is 6.92 Å². The normalized spacial score (nSPS) is 15.4. The molecule has 114 valence electrons. The SMILES string of the molecule is CCCC[C@H](NC(=O)CCCNC(=O)C1CC1)C(=O)O. The van der Waals surface area contributed by atoms with Gasteiger partial charge in [0.1, 0.15) is 6.04 Å². The Hall–Kier alpha value is -1.59. The summed E-state index contributed by atoms with van der Waals surface area (Å²) < 4.78 is 0. The van der Waals surface area contributed by atoms with Crippen molar-refractivity contribution in [3.05, 3.63) is 0 Å². The molecule has 0 aromatic heterocycles. The molecule has 6 heteroatoms. The van der Waals surface area contributed by atoms with Crippen molar-refractivity contribution >= 4 is 17.8 Å². The molecule has 0 aliphatic heterocycles. The predicted molar refractivity (Wildman–Crippen MR) is 74.1 cm³/mol. The Morgan fingerprint density at radius 1 is 1.25 bits per heavy atom. The predicted octanol–water partition coefficient (Wildman–Crippen LogP) is 1.05. The Labute approximate surface area is 119 Å². The van der Waals surface area contributed by atoms with Gasteiger partial charge in [-0.1, -0.05) is 19.8 Å². The molecule has 0 radical (unpaired) electrons. The van der Waals surface area contributed by atoms with Crippen molar-refractivity contribution in [1.29, 1.82) is 0 Å². The van der Waals surface area contributed by atoms with Crippen LogP contribution in [0.2, 0.25) is 0 Å². The summed E-state index contributed by atoms with van der Waals surface area (Å²) in [6.07, 6.45) is 4.82. The van der Waals surface area contributed by atoms with Gasteiger partial charge < -0.3 is 15.7 Å². The van der Waals surface area contributed by atoms with E-state index < -0.39 is 12.0 Å². The maximum Gasteiger partial charge on any atom is 0.326 e. The molecule has 0 aromatic rings. The van der Waals surface area contributed by atoms with E-state index in [-0.39, 0.29) is 24.2 Å². The van der Waals surface area contributed by atoms with Gasteiger partial charge in [-0.15, -0.1) is 0 Å². The zero-order valence-corrected chi connectivity index (χ0v) is 12.0. The number of carboxylic acid groups (broad SMARTS) is 1. The van der Waals surface area contributed by atoms with Crippen LogP contribution in [0.3, 0.4) is 0 Å². The molecule has 0 unspecified atom stereocenters. The van der Waals surface area contributed by atoms with Crippen LogP contribution in [0, 0.1) is 5.92 Å². The first-order valence-electron chi connectivity index (χ1n) is 7.34. The summed E-state index contributed by atoms with van der Waals surface area (Å²) in [7, 11) is 0. The van der Waals surface area contributed by atoms with Gasteiger partial charge in [0.25, 0.3) is 0 Å². The fourth-order valence-electron chi connectivity index (χ4n) is 1.88. The monoisotopic (exact) mass is 284 g/mol. The van der Waals surface area contributed by atoms with E-state index in [2.05, 4.69) is 10.6 Å². The molecule has 6 nitrogen and oxygen atoms in total. The van der Waals surface area contributed by atoms with Gasteiger partial charge in [0, 0.05) is 18.9 Å². The van der Waals surface area contributed by atoms with Crippen molar-refractivity contribution in [1.82, 2.24) is 10.6 Å². The summed E-state index contributed by atoms with van der Waals surface area (Å²) in [6.45, 7) is 2.44. The Balaban J connectivity index is 2.13. The third-order valence-corrected chi connectivity index (χ3v) is 3.31. The van der Waals surface area contributed by atoms with Crippen LogP contribution < -0.4 is 10.6 Å². The zero-order valence-electron chi connectivity index (χ0n) is 12.0.